The van der Waals surface area contributed by atoms with Crippen LogP contribution in [0.5, 0.6) is 5.88 Å². The Balaban J connectivity index is 2.11. The molecule has 1 aromatic rings. The highest BCUT2D eigenvalue weighted by Gasteiger charge is 2.26. The molecule has 1 fully saturated rings. The van der Waals surface area contributed by atoms with Gasteiger partial charge in [-0.2, -0.15) is 4.98 Å². The molecule has 1 aliphatic rings. The number of methoxy groups -OCH3 is 1. The van der Waals surface area contributed by atoms with Gasteiger partial charge in [0.25, 0.3) is 0 Å². The number of hydrogen-bond donors (Lipinski definition) is 0. The predicted octanol–water partition coefficient (Wildman–Crippen LogP) is 2.63. The molecule has 2 rings (SSSR count). The summed E-state index contributed by atoms with van der Waals surface area (Å²) in [6.45, 7) is 1.00. The first-order valence-corrected chi connectivity index (χ1v) is 7.17. The van der Waals surface area contributed by atoms with Crippen LogP contribution in [0.2, 0.25) is 0 Å². The van der Waals surface area contributed by atoms with E-state index in [0.717, 1.165) is 24.2 Å². The highest BCUT2D eigenvalue weighted by atomic mass is 79.9. The molecule has 94 valence electrons. The fourth-order valence-electron chi connectivity index (χ4n) is 1.96. The van der Waals surface area contributed by atoms with Crippen LogP contribution in [-0.2, 0) is 0 Å². The lowest BCUT2D eigenvalue weighted by molar-refractivity contribution is 0.374. The molecular weight excluding hydrogens is 282 g/mol. The monoisotopic (exact) mass is 299 g/mol. The van der Waals surface area contributed by atoms with Crippen molar-refractivity contribution in [3.63, 3.8) is 0 Å². The van der Waals surface area contributed by atoms with E-state index in [-0.39, 0.29) is 0 Å². The van der Waals surface area contributed by atoms with Crippen LogP contribution >= 0.6 is 15.9 Å². The minimum Gasteiger partial charge on any atom is -0.481 e. The lowest BCUT2D eigenvalue weighted by atomic mass is 9.91. The van der Waals surface area contributed by atoms with Crippen LogP contribution in [0.1, 0.15) is 25.7 Å². The molecule has 1 aliphatic carbocycles. The summed E-state index contributed by atoms with van der Waals surface area (Å²) in [4.78, 5) is 11.1. The number of ether oxygens (including phenoxy) is 1. The van der Waals surface area contributed by atoms with Gasteiger partial charge in [-0.05, 0) is 25.7 Å². The molecule has 1 aromatic heterocycles. The fourth-order valence-corrected chi connectivity index (χ4v) is 2.21. The Bertz CT molecular complexity index is 357. The topological polar surface area (TPSA) is 38.2 Å². The van der Waals surface area contributed by atoms with Crippen molar-refractivity contribution in [3.8, 4) is 5.88 Å². The smallest absolute Gasteiger partial charge is 0.228 e. The molecule has 0 aromatic carbocycles. The molecule has 0 radical (unpaired) electrons. The van der Waals surface area contributed by atoms with Crippen LogP contribution in [0.3, 0.4) is 0 Å². The second kappa shape index (κ2) is 6.19. The molecule has 5 heteroatoms. The second-order valence-corrected chi connectivity index (χ2v) is 5.01. The summed E-state index contributed by atoms with van der Waals surface area (Å²) in [5.41, 5.74) is 0. The zero-order valence-electron chi connectivity index (χ0n) is 10.1. The third-order valence-corrected chi connectivity index (χ3v) is 3.69. The Morgan fingerprint density at radius 2 is 2.35 bits per heavy atom. The van der Waals surface area contributed by atoms with E-state index in [2.05, 4.69) is 30.8 Å². The third-order valence-electron chi connectivity index (χ3n) is 3.13. The first-order valence-electron chi connectivity index (χ1n) is 6.05. The molecule has 0 spiro atoms. The minimum atomic E-state index is 0.612. The molecule has 0 N–H and O–H groups in total. The first-order chi connectivity index (χ1) is 8.35. The Kier molecular flexibility index (Phi) is 4.59. The Morgan fingerprint density at radius 3 is 2.94 bits per heavy atom. The molecule has 0 bridgehead atoms. The van der Waals surface area contributed by atoms with Gasteiger partial charge in [0.15, 0.2) is 0 Å². The number of alkyl halides is 1. The van der Waals surface area contributed by atoms with E-state index in [4.69, 9.17) is 4.74 Å². The van der Waals surface area contributed by atoms with Crippen molar-refractivity contribution in [2.45, 2.75) is 31.7 Å². The minimum absolute atomic E-state index is 0.612. The van der Waals surface area contributed by atoms with E-state index in [1.807, 2.05) is 0 Å². The van der Waals surface area contributed by atoms with Gasteiger partial charge in [-0.15, -0.1) is 0 Å². The maximum absolute atomic E-state index is 5.15. The molecule has 4 nitrogen and oxygen atoms in total. The van der Waals surface area contributed by atoms with Gasteiger partial charge in [-0.1, -0.05) is 15.9 Å². The van der Waals surface area contributed by atoms with Gasteiger partial charge in [0, 0.05) is 30.2 Å². The standard InChI is InChI=1S/C12H18BrN3O/c1-17-11-6-8-14-12(15-11)16(9-3-7-13)10-4-2-5-10/h6,8,10H,2-5,7,9H2,1H3. The second-order valence-electron chi connectivity index (χ2n) is 4.22. The molecule has 0 saturated heterocycles. The number of anilines is 1. The predicted molar refractivity (Wildman–Crippen MR) is 72.0 cm³/mol. The Hall–Kier alpha value is -0.840. The summed E-state index contributed by atoms with van der Waals surface area (Å²) in [6.07, 6.45) is 6.70. The number of hydrogen-bond acceptors (Lipinski definition) is 4. The van der Waals surface area contributed by atoms with E-state index in [1.165, 1.54) is 19.3 Å². The van der Waals surface area contributed by atoms with Gasteiger partial charge in [-0.25, -0.2) is 4.98 Å². The van der Waals surface area contributed by atoms with Crippen molar-refractivity contribution in [2.24, 2.45) is 0 Å². The van der Waals surface area contributed by atoms with Gasteiger partial charge < -0.3 is 9.64 Å². The van der Waals surface area contributed by atoms with Crippen LogP contribution in [0.4, 0.5) is 5.95 Å². The van der Waals surface area contributed by atoms with Crippen LogP contribution in [-0.4, -0.2) is 35.0 Å². The van der Waals surface area contributed by atoms with Crippen LogP contribution < -0.4 is 9.64 Å². The molecule has 0 atom stereocenters. The summed E-state index contributed by atoms with van der Waals surface area (Å²) in [7, 11) is 1.64. The van der Waals surface area contributed by atoms with Crippen LogP contribution in [0.25, 0.3) is 0 Å². The van der Waals surface area contributed by atoms with Crippen molar-refractivity contribution in [1.29, 1.82) is 0 Å². The van der Waals surface area contributed by atoms with Crippen LogP contribution in [0, 0.1) is 0 Å². The van der Waals surface area contributed by atoms with Gasteiger partial charge in [-0.3, -0.25) is 0 Å². The molecule has 1 saturated carbocycles. The summed E-state index contributed by atoms with van der Waals surface area (Å²) in [5, 5.41) is 1.01. The number of halogens is 1. The normalized spacial score (nSPS) is 15.4. The summed E-state index contributed by atoms with van der Waals surface area (Å²) < 4.78 is 5.15. The fraction of sp³-hybridized carbons (Fsp3) is 0.667. The van der Waals surface area contributed by atoms with Crippen molar-refractivity contribution in [3.05, 3.63) is 12.3 Å². The molecular formula is C12H18BrN3O. The number of nitrogens with zero attached hydrogens (tertiary/aromatic N) is 3. The number of aromatic nitrogens is 2. The molecule has 0 amide bonds. The van der Waals surface area contributed by atoms with Crippen LogP contribution in [0.15, 0.2) is 12.3 Å². The quantitative estimate of drug-likeness (QED) is 0.757. The third kappa shape index (κ3) is 3.09. The lowest BCUT2D eigenvalue weighted by Gasteiger charge is -2.37. The SMILES string of the molecule is COc1ccnc(N(CCCBr)C2CCC2)n1. The maximum Gasteiger partial charge on any atom is 0.228 e. The zero-order chi connectivity index (χ0) is 12.1. The zero-order valence-corrected chi connectivity index (χ0v) is 11.7. The van der Waals surface area contributed by atoms with E-state index in [9.17, 15) is 0 Å². The largest absolute Gasteiger partial charge is 0.481 e. The van der Waals surface area contributed by atoms with E-state index < -0.39 is 0 Å². The highest BCUT2D eigenvalue weighted by molar-refractivity contribution is 9.09. The van der Waals surface area contributed by atoms with Crippen molar-refractivity contribution >= 4 is 21.9 Å². The van der Waals surface area contributed by atoms with Crippen molar-refractivity contribution in [2.75, 3.05) is 23.9 Å². The molecule has 17 heavy (non-hydrogen) atoms. The van der Waals surface area contributed by atoms with E-state index >= 15 is 0 Å². The van der Waals surface area contributed by atoms with Crippen molar-refractivity contribution in [1.82, 2.24) is 9.97 Å². The maximum atomic E-state index is 5.15. The van der Waals surface area contributed by atoms with Gasteiger partial charge in [0.1, 0.15) is 0 Å². The first kappa shape index (κ1) is 12.6. The average molecular weight is 300 g/mol. The van der Waals surface area contributed by atoms with Gasteiger partial charge in [0.2, 0.25) is 11.8 Å². The summed E-state index contributed by atoms with van der Waals surface area (Å²) >= 11 is 3.48. The van der Waals surface area contributed by atoms with Gasteiger partial charge >= 0.3 is 0 Å². The van der Waals surface area contributed by atoms with E-state index in [0.29, 0.717) is 11.9 Å². The Morgan fingerprint density at radius 1 is 1.53 bits per heavy atom. The van der Waals surface area contributed by atoms with Crippen molar-refractivity contribution < 1.29 is 4.74 Å². The molecule has 0 unspecified atom stereocenters. The average Bonchev–Trinajstić information content (AvgIpc) is 2.32. The van der Waals surface area contributed by atoms with Gasteiger partial charge in [0.05, 0.1) is 7.11 Å². The lowest BCUT2D eigenvalue weighted by Crippen LogP contribution is -2.42. The molecule has 0 aliphatic heterocycles. The van der Waals surface area contributed by atoms with E-state index in [1.54, 1.807) is 19.4 Å². The molecule has 1 heterocycles. The summed E-state index contributed by atoms with van der Waals surface area (Å²) in [5.74, 6) is 1.44. The highest BCUT2D eigenvalue weighted by Crippen LogP contribution is 2.28. The number of rotatable bonds is 6. The summed E-state index contributed by atoms with van der Waals surface area (Å²) in [6, 6.07) is 2.40. The Labute approximate surface area is 111 Å².